The van der Waals surface area contributed by atoms with E-state index in [9.17, 15) is 14.0 Å². The number of rotatable bonds is 8. The van der Waals surface area contributed by atoms with E-state index in [4.69, 9.17) is 18.9 Å². The lowest BCUT2D eigenvalue weighted by Gasteiger charge is -2.09. The molecule has 132 valence electrons. The predicted octanol–water partition coefficient (Wildman–Crippen LogP) is 2.65. The topological polar surface area (TPSA) is 71.1 Å². The van der Waals surface area contributed by atoms with Crippen molar-refractivity contribution in [1.82, 2.24) is 0 Å². The number of methoxy groups -OCH3 is 2. The van der Waals surface area contributed by atoms with Gasteiger partial charge in [-0.05, 0) is 42.5 Å². The average molecular weight is 348 g/mol. The molecule has 0 unspecified atom stereocenters. The van der Waals surface area contributed by atoms with Crippen molar-refractivity contribution in [3.8, 4) is 17.2 Å². The van der Waals surface area contributed by atoms with Crippen molar-refractivity contribution in [3.05, 3.63) is 53.8 Å². The number of ketones is 1. The van der Waals surface area contributed by atoms with Gasteiger partial charge in [0.05, 0.1) is 19.8 Å². The fourth-order valence-corrected chi connectivity index (χ4v) is 1.98. The molecule has 0 spiro atoms. The second-order valence-corrected chi connectivity index (χ2v) is 4.89. The second kappa shape index (κ2) is 8.68. The van der Waals surface area contributed by atoms with Gasteiger partial charge in [0, 0.05) is 0 Å². The van der Waals surface area contributed by atoms with E-state index >= 15 is 0 Å². The summed E-state index contributed by atoms with van der Waals surface area (Å²) in [5.41, 5.74) is 0.00590. The van der Waals surface area contributed by atoms with Gasteiger partial charge in [-0.3, -0.25) is 4.79 Å². The molecule has 0 bridgehead atoms. The summed E-state index contributed by atoms with van der Waals surface area (Å²) < 4.78 is 33.3. The van der Waals surface area contributed by atoms with Crippen LogP contribution in [0.3, 0.4) is 0 Å². The van der Waals surface area contributed by atoms with Gasteiger partial charge in [0.25, 0.3) is 0 Å². The predicted molar refractivity (Wildman–Crippen MR) is 86.7 cm³/mol. The first-order valence-corrected chi connectivity index (χ1v) is 7.32. The van der Waals surface area contributed by atoms with E-state index in [2.05, 4.69) is 0 Å². The number of ether oxygens (including phenoxy) is 4. The van der Waals surface area contributed by atoms with Gasteiger partial charge >= 0.3 is 5.97 Å². The Bertz CT molecular complexity index is 742. The lowest BCUT2D eigenvalue weighted by Crippen LogP contribution is -2.20. The molecule has 0 N–H and O–H groups in total. The molecule has 6 nitrogen and oxygen atoms in total. The standard InChI is InChI=1S/C18H17FO6/c1-22-13-4-6-14(7-5-13)24-11-18(21)25-10-16(20)15-9-12(19)3-8-17(15)23-2/h3-9H,10-11H2,1-2H3. The van der Waals surface area contributed by atoms with E-state index in [1.165, 1.54) is 26.4 Å². The number of hydrogen-bond donors (Lipinski definition) is 0. The highest BCUT2D eigenvalue weighted by Crippen LogP contribution is 2.20. The number of esters is 1. The smallest absolute Gasteiger partial charge is 0.344 e. The Hall–Kier alpha value is -3.09. The van der Waals surface area contributed by atoms with Crippen molar-refractivity contribution in [2.75, 3.05) is 27.4 Å². The van der Waals surface area contributed by atoms with Crippen LogP contribution in [0, 0.1) is 5.82 Å². The summed E-state index contributed by atoms with van der Waals surface area (Å²) in [5, 5.41) is 0. The number of benzene rings is 2. The van der Waals surface area contributed by atoms with Crippen LogP contribution in [0.4, 0.5) is 4.39 Å². The van der Waals surface area contributed by atoms with Gasteiger partial charge in [0.2, 0.25) is 5.78 Å². The van der Waals surface area contributed by atoms with Crippen LogP contribution < -0.4 is 14.2 Å². The molecule has 2 rings (SSSR count). The largest absolute Gasteiger partial charge is 0.497 e. The molecular weight excluding hydrogens is 331 g/mol. The van der Waals surface area contributed by atoms with Gasteiger partial charge in [0.1, 0.15) is 23.1 Å². The number of carbonyl (C=O) groups excluding carboxylic acids is 2. The first-order chi connectivity index (χ1) is 12.0. The van der Waals surface area contributed by atoms with Gasteiger partial charge in [-0.15, -0.1) is 0 Å². The summed E-state index contributed by atoms with van der Waals surface area (Å²) in [4.78, 5) is 23.7. The summed E-state index contributed by atoms with van der Waals surface area (Å²) >= 11 is 0. The summed E-state index contributed by atoms with van der Waals surface area (Å²) in [6.45, 7) is -0.898. The minimum absolute atomic E-state index is 0.00590. The Labute approximate surface area is 144 Å². The van der Waals surface area contributed by atoms with Gasteiger partial charge in [-0.2, -0.15) is 0 Å². The lowest BCUT2D eigenvalue weighted by molar-refractivity contribution is -0.144. The molecule has 0 amide bonds. The van der Waals surface area contributed by atoms with Crippen molar-refractivity contribution in [3.63, 3.8) is 0 Å². The van der Waals surface area contributed by atoms with Crippen molar-refractivity contribution < 1.29 is 32.9 Å². The third-order valence-electron chi connectivity index (χ3n) is 3.24. The zero-order chi connectivity index (χ0) is 18.2. The maximum atomic E-state index is 13.3. The van der Waals surface area contributed by atoms with Crippen LogP contribution >= 0.6 is 0 Å². The van der Waals surface area contributed by atoms with Gasteiger partial charge in [-0.25, -0.2) is 9.18 Å². The molecule has 0 heterocycles. The summed E-state index contributed by atoms with van der Waals surface area (Å²) in [6.07, 6.45) is 0. The third-order valence-corrected chi connectivity index (χ3v) is 3.24. The number of Topliss-reactive ketones (excluding diaryl/α,β-unsaturated/α-hetero) is 1. The zero-order valence-electron chi connectivity index (χ0n) is 13.8. The van der Waals surface area contributed by atoms with Crippen LogP contribution in [0.2, 0.25) is 0 Å². The maximum absolute atomic E-state index is 13.3. The summed E-state index contributed by atoms with van der Waals surface area (Å²) in [7, 11) is 2.90. The van der Waals surface area contributed by atoms with Gasteiger partial charge < -0.3 is 18.9 Å². The van der Waals surface area contributed by atoms with E-state index in [1.54, 1.807) is 24.3 Å². The first kappa shape index (κ1) is 18.3. The fourth-order valence-electron chi connectivity index (χ4n) is 1.98. The van der Waals surface area contributed by atoms with Crippen LogP contribution in [0.5, 0.6) is 17.2 Å². The quantitative estimate of drug-likeness (QED) is 0.539. The molecule has 0 fully saturated rings. The first-order valence-electron chi connectivity index (χ1n) is 7.32. The molecule has 0 radical (unpaired) electrons. The minimum Gasteiger partial charge on any atom is -0.497 e. The summed E-state index contributed by atoms with van der Waals surface area (Å²) in [6, 6.07) is 10.2. The van der Waals surface area contributed by atoms with Crippen LogP contribution in [0.15, 0.2) is 42.5 Å². The number of carbonyl (C=O) groups is 2. The van der Waals surface area contributed by atoms with E-state index in [-0.39, 0.29) is 17.9 Å². The lowest BCUT2D eigenvalue weighted by atomic mass is 10.1. The van der Waals surface area contributed by atoms with Gasteiger partial charge in [0.15, 0.2) is 13.2 Å². The Morgan fingerprint density at radius 3 is 2.24 bits per heavy atom. The van der Waals surface area contributed by atoms with Crippen LogP contribution in [0.25, 0.3) is 0 Å². The monoisotopic (exact) mass is 348 g/mol. The van der Waals surface area contributed by atoms with E-state index < -0.39 is 24.2 Å². The van der Waals surface area contributed by atoms with Crippen molar-refractivity contribution in [2.45, 2.75) is 0 Å². The Morgan fingerprint density at radius 2 is 1.60 bits per heavy atom. The molecule has 0 aliphatic carbocycles. The Morgan fingerprint density at radius 1 is 0.920 bits per heavy atom. The maximum Gasteiger partial charge on any atom is 0.344 e. The SMILES string of the molecule is COc1ccc(OCC(=O)OCC(=O)c2cc(F)ccc2OC)cc1. The molecule has 0 atom stereocenters. The zero-order valence-corrected chi connectivity index (χ0v) is 13.8. The highest BCUT2D eigenvalue weighted by Gasteiger charge is 2.16. The molecule has 2 aromatic rings. The van der Waals surface area contributed by atoms with Crippen LogP contribution in [0.1, 0.15) is 10.4 Å². The average Bonchev–Trinajstić information content (AvgIpc) is 2.64. The van der Waals surface area contributed by atoms with Crippen LogP contribution in [-0.4, -0.2) is 39.2 Å². The molecule has 2 aromatic carbocycles. The Balaban J connectivity index is 1.85. The van der Waals surface area contributed by atoms with Crippen molar-refractivity contribution in [2.24, 2.45) is 0 Å². The number of halogens is 1. The minimum atomic E-state index is -0.723. The van der Waals surface area contributed by atoms with E-state index in [0.29, 0.717) is 11.5 Å². The molecule has 7 heteroatoms. The van der Waals surface area contributed by atoms with E-state index in [1.807, 2.05) is 0 Å². The van der Waals surface area contributed by atoms with Crippen molar-refractivity contribution >= 4 is 11.8 Å². The Kier molecular flexibility index (Phi) is 6.33. The molecular formula is C18H17FO6. The number of hydrogen-bond acceptors (Lipinski definition) is 6. The molecule has 0 aliphatic heterocycles. The molecule has 25 heavy (non-hydrogen) atoms. The molecule has 0 saturated heterocycles. The van der Waals surface area contributed by atoms with Crippen LogP contribution in [-0.2, 0) is 9.53 Å². The van der Waals surface area contributed by atoms with E-state index in [0.717, 1.165) is 6.07 Å². The highest BCUT2D eigenvalue weighted by atomic mass is 19.1. The fraction of sp³-hybridized carbons (Fsp3) is 0.222. The third kappa shape index (κ3) is 5.20. The second-order valence-electron chi connectivity index (χ2n) is 4.89. The van der Waals surface area contributed by atoms with Gasteiger partial charge in [-0.1, -0.05) is 0 Å². The summed E-state index contributed by atoms with van der Waals surface area (Å²) in [5.74, 6) is -0.565. The highest BCUT2D eigenvalue weighted by molar-refractivity contribution is 6.00. The molecule has 0 aliphatic rings. The molecule has 0 saturated carbocycles. The molecule has 0 aromatic heterocycles. The normalized spacial score (nSPS) is 10.0. The van der Waals surface area contributed by atoms with Crippen molar-refractivity contribution in [1.29, 1.82) is 0 Å².